The minimum atomic E-state index is -0.262. The van der Waals surface area contributed by atoms with Crippen molar-refractivity contribution in [1.82, 2.24) is 10.2 Å². The Balaban J connectivity index is 2.69. The molecule has 0 aliphatic carbocycles. The number of nitrogens with two attached hydrogens (primary N) is 1. The Labute approximate surface area is 113 Å². The van der Waals surface area contributed by atoms with E-state index in [9.17, 15) is 9.18 Å². The molecule has 0 bridgehead atoms. The fraction of sp³-hybridized carbons (Fsp3) is 0.500. The van der Waals surface area contributed by atoms with Crippen molar-refractivity contribution in [2.24, 2.45) is 11.7 Å². The van der Waals surface area contributed by atoms with E-state index in [0.29, 0.717) is 13.1 Å². The summed E-state index contributed by atoms with van der Waals surface area (Å²) in [5, 5.41) is 2.87. The lowest BCUT2D eigenvalue weighted by atomic mass is 10.1. The maximum Gasteiger partial charge on any atom is 0.224 e. The van der Waals surface area contributed by atoms with Gasteiger partial charge in [0.2, 0.25) is 5.91 Å². The van der Waals surface area contributed by atoms with Crippen molar-refractivity contribution in [1.29, 1.82) is 0 Å². The Hall–Kier alpha value is -1.46. The Morgan fingerprint density at radius 2 is 1.95 bits per heavy atom. The van der Waals surface area contributed by atoms with Crippen LogP contribution >= 0.6 is 0 Å². The summed E-state index contributed by atoms with van der Waals surface area (Å²) in [5.41, 5.74) is 6.42. The van der Waals surface area contributed by atoms with Gasteiger partial charge >= 0.3 is 0 Å². The second kappa shape index (κ2) is 7.21. The standard InChI is InChI=1S/C14H22FN3O/c1-10(8-16)14(19)17-9-13(18(2)3)11-4-6-12(15)7-5-11/h4-7,10,13H,8-9,16H2,1-3H3,(H,17,19). The van der Waals surface area contributed by atoms with Crippen molar-refractivity contribution in [3.63, 3.8) is 0 Å². The first-order chi connectivity index (χ1) is 8.95. The average Bonchev–Trinajstić information content (AvgIpc) is 2.39. The van der Waals surface area contributed by atoms with E-state index in [2.05, 4.69) is 5.32 Å². The van der Waals surface area contributed by atoms with Gasteiger partial charge in [0.1, 0.15) is 5.82 Å². The number of carbonyl (C=O) groups is 1. The molecule has 0 spiro atoms. The van der Waals surface area contributed by atoms with Gasteiger partial charge in [0.25, 0.3) is 0 Å². The zero-order chi connectivity index (χ0) is 14.4. The fourth-order valence-corrected chi connectivity index (χ4v) is 1.76. The van der Waals surface area contributed by atoms with Crippen molar-refractivity contribution in [2.45, 2.75) is 13.0 Å². The summed E-state index contributed by atoms with van der Waals surface area (Å²) in [5.74, 6) is -0.519. The Kier molecular flexibility index (Phi) is 5.92. The fourth-order valence-electron chi connectivity index (χ4n) is 1.76. The summed E-state index contributed by atoms with van der Waals surface area (Å²) >= 11 is 0. The van der Waals surface area contributed by atoms with Crippen LogP contribution in [0.15, 0.2) is 24.3 Å². The van der Waals surface area contributed by atoms with Crippen LogP contribution in [0.1, 0.15) is 18.5 Å². The summed E-state index contributed by atoms with van der Waals surface area (Å²) in [6.45, 7) is 2.59. The second-order valence-corrected chi connectivity index (χ2v) is 4.91. The van der Waals surface area contributed by atoms with E-state index >= 15 is 0 Å². The van der Waals surface area contributed by atoms with E-state index in [-0.39, 0.29) is 23.7 Å². The van der Waals surface area contributed by atoms with E-state index < -0.39 is 0 Å². The second-order valence-electron chi connectivity index (χ2n) is 4.91. The van der Waals surface area contributed by atoms with E-state index in [1.54, 1.807) is 19.1 Å². The van der Waals surface area contributed by atoms with Crippen LogP contribution in [0, 0.1) is 11.7 Å². The Bertz CT molecular complexity index is 406. The molecular weight excluding hydrogens is 245 g/mol. The molecule has 0 heterocycles. The lowest BCUT2D eigenvalue weighted by Crippen LogP contribution is -2.38. The molecule has 3 N–H and O–H groups in total. The number of likely N-dealkylation sites (N-methyl/N-ethyl adjacent to an activating group) is 1. The quantitative estimate of drug-likeness (QED) is 0.812. The van der Waals surface area contributed by atoms with Gasteiger partial charge in [-0.05, 0) is 31.8 Å². The third-order valence-electron chi connectivity index (χ3n) is 3.15. The molecular formula is C14H22FN3O. The number of hydrogen-bond acceptors (Lipinski definition) is 3. The van der Waals surface area contributed by atoms with Crippen LogP contribution in [0.5, 0.6) is 0 Å². The molecule has 2 atom stereocenters. The molecule has 4 nitrogen and oxygen atoms in total. The number of nitrogens with zero attached hydrogens (tertiary/aromatic N) is 1. The Morgan fingerprint density at radius 1 is 1.37 bits per heavy atom. The van der Waals surface area contributed by atoms with Crippen molar-refractivity contribution in [3.8, 4) is 0 Å². The number of benzene rings is 1. The van der Waals surface area contributed by atoms with Crippen LogP contribution < -0.4 is 11.1 Å². The molecule has 0 aliphatic heterocycles. The highest BCUT2D eigenvalue weighted by molar-refractivity contribution is 5.78. The highest BCUT2D eigenvalue weighted by atomic mass is 19.1. The van der Waals surface area contributed by atoms with Crippen LogP contribution in [0.25, 0.3) is 0 Å². The van der Waals surface area contributed by atoms with Crippen LogP contribution in [-0.2, 0) is 4.79 Å². The van der Waals surface area contributed by atoms with Crippen LogP contribution in [0.4, 0.5) is 4.39 Å². The van der Waals surface area contributed by atoms with Gasteiger partial charge in [-0.3, -0.25) is 4.79 Å². The van der Waals surface area contributed by atoms with Gasteiger partial charge in [-0.15, -0.1) is 0 Å². The molecule has 106 valence electrons. The van der Waals surface area contributed by atoms with Crippen LogP contribution in [0.2, 0.25) is 0 Å². The predicted octanol–water partition coefficient (Wildman–Crippen LogP) is 1.14. The summed E-state index contributed by atoms with van der Waals surface area (Å²) in [4.78, 5) is 13.7. The molecule has 2 unspecified atom stereocenters. The van der Waals surface area contributed by atoms with Gasteiger partial charge in [0, 0.05) is 19.0 Å². The van der Waals surface area contributed by atoms with Crippen molar-refractivity contribution in [2.75, 3.05) is 27.2 Å². The monoisotopic (exact) mass is 267 g/mol. The highest BCUT2D eigenvalue weighted by Gasteiger charge is 2.17. The molecule has 1 rings (SSSR count). The van der Waals surface area contributed by atoms with Crippen molar-refractivity contribution < 1.29 is 9.18 Å². The molecule has 0 fully saturated rings. The molecule has 0 saturated carbocycles. The third kappa shape index (κ3) is 4.61. The van der Waals surface area contributed by atoms with E-state index in [0.717, 1.165) is 5.56 Å². The van der Waals surface area contributed by atoms with Crippen LogP contribution in [0.3, 0.4) is 0 Å². The van der Waals surface area contributed by atoms with Gasteiger partial charge in [0.05, 0.1) is 6.04 Å². The molecule has 5 heteroatoms. The van der Waals surface area contributed by atoms with Crippen LogP contribution in [-0.4, -0.2) is 38.0 Å². The number of nitrogens with one attached hydrogen (secondary N) is 1. The topological polar surface area (TPSA) is 58.4 Å². The molecule has 0 radical (unpaired) electrons. The molecule has 1 aromatic rings. The maximum absolute atomic E-state index is 12.9. The zero-order valence-electron chi connectivity index (χ0n) is 11.7. The SMILES string of the molecule is CC(CN)C(=O)NCC(c1ccc(F)cc1)N(C)C. The largest absolute Gasteiger partial charge is 0.354 e. The predicted molar refractivity (Wildman–Crippen MR) is 74.1 cm³/mol. The zero-order valence-corrected chi connectivity index (χ0v) is 11.7. The van der Waals surface area contributed by atoms with E-state index in [4.69, 9.17) is 5.73 Å². The first kappa shape index (κ1) is 15.6. The molecule has 19 heavy (non-hydrogen) atoms. The number of amides is 1. The maximum atomic E-state index is 12.9. The summed E-state index contributed by atoms with van der Waals surface area (Å²) in [7, 11) is 3.85. The normalized spacial score (nSPS) is 14.2. The Morgan fingerprint density at radius 3 is 2.42 bits per heavy atom. The highest BCUT2D eigenvalue weighted by Crippen LogP contribution is 2.17. The first-order valence-corrected chi connectivity index (χ1v) is 6.35. The van der Waals surface area contributed by atoms with Gasteiger partial charge in [-0.25, -0.2) is 4.39 Å². The van der Waals surface area contributed by atoms with Gasteiger partial charge in [-0.2, -0.15) is 0 Å². The number of hydrogen-bond donors (Lipinski definition) is 2. The first-order valence-electron chi connectivity index (χ1n) is 6.35. The summed E-state index contributed by atoms with van der Waals surface area (Å²) < 4.78 is 12.9. The lowest BCUT2D eigenvalue weighted by Gasteiger charge is -2.25. The number of halogens is 1. The molecule has 0 aliphatic rings. The van der Waals surface area contributed by atoms with E-state index in [1.807, 2.05) is 19.0 Å². The molecule has 0 saturated heterocycles. The van der Waals surface area contributed by atoms with Crippen molar-refractivity contribution in [3.05, 3.63) is 35.6 Å². The average molecular weight is 267 g/mol. The minimum absolute atomic E-state index is 0.00882. The smallest absolute Gasteiger partial charge is 0.224 e. The number of carbonyl (C=O) groups excluding carboxylic acids is 1. The summed E-state index contributed by atoms with van der Waals surface area (Å²) in [6, 6.07) is 6.33. The number of rotatable bonds is 6. The summed E-state index contributed by atoms with van der Waals surface area (Å²) in [6.07, 6.45) is 0. The molecule has 0 aromatic heterocycles. The lowest BCUT2D eigenvalue weighted by molar-refractivity contribution is -0.124. The van der Waals surface area contributed by atoms with Gasteiger partial charge in [0.15, 0.2) is 0 Å². The van der Waals surface area contributed by atoms with Crippen molar-refractivity contribution >= 4 is 5.91 Å². The third-order valence-corrected chi connectivity index (χ3v) is 3.15. The van der Waals surface area contributed by atoms with Gasteiger partial charge in [-0.1, -0.05) is 19.1 Å². The molecule has 1 aromatic carbocycles. The minimum Gasteiger partial charge on any atom is -0.354 e. The molecule has 1 amide bonds. The van der Waals surface area contributed by atoms with E-state index in [1.165, 1.54) is 12.1 Å². The van der Waals surface area contributed by atoms with Gasteiger partial charge < -0.3 is 16.0 Å².